The normalized spacial score (nSPS) is 8.64. The highest BCUT2D eigenvalue weighted by Crippen LogP contribution is 2.24. The van der Waals surface area contributed by atoms with Crippen LogP contribution in [0.4, 0.5) is 5.69 Å². The van der Waals surface area contributed by atoms with Crippen LogP contribution < -0.4 is 0 Å². The second kappa shape index (κ2) is 5.14. The van der Waals surface area contributed by atoms with Gasteiger partial charge in [0.2, 0.25) is 0 Å². The summed E-state index contributed by atoms with van der Waals surface area (Å²) in [5.74, 6) is 0. The average molecular weight is 253 g/mol. The minimum absolute atomic E-state index is 0.171. The highest BCUT2D eigenvalue weighted by molar-refractivity contribution is 9.10. The summed E-state index contributed by atoms with van der Waals surface area (Å²) in [7, 11) is 0. The van der Waals surface area contributed by atoms with Crippen LogP contribution in [0, 0.1) is 0 Å². The van der Waals surface area contributed by atoms with Gasteiger partial charge in [-0.3, -0.25) is 0 Å². The van der Waals surface area contributed by atoms with Crippen LogP contribution in [-0.2, 0) is 6.54 Å². The smallest absolute Gasteiger partial charge is 0.0515 e. The molecule has 0 aliphatic rings. The molecule has 0 saturated heterocycles. The van der Waals surface area contributed by atoms with E-state index in [9.17, 15) is 0 Å². The Hall–Kier alpha value is -1.68. The van der Waals surface area contributed by atoms with Crippen molar-refractivity contribution >= 4 is 21.6 Å². The summed E-state index contributed by atoms with van der Waals surface area (Å²) in [5, 5.41) is 6.88. The van der Waals surface area contributed by atoms with Gasteiger partial charge in [0.1, 0.15) is 0 Å². The number of nitrogens with zero attached hydrogens (tertiary/aromatic N) is 6. The molecule has 1 rings (SSSR count). The largest absolute Gasteiger partial charge is 0.0893 e. The Labute approximate surface area is 87.9 Å². The predicted molar refractivity (Wildman–Crippen MR) is 55.8 cm³/mol. The van der Waals surface area contributed by atoms with Crippen LogP contribution in [0.25, 0.3) is 20.9 Å². The first-order valence-corrected chi connectivity index (χ1v) is 4.41. The van der Waals surface area contributed by atoms with Crippen molar-refractivity contribution in [1.82, 2.24) is 0 Å². The Bertz CT molecular complexity index is 430. The van der Waals surface area contributed by atoms with Gasteiger partial charge < -0.3 is 0 Å². The average Bonchev–Trinajstić information content (AvgIpc) is 2.18. The van der Waals surface area contributed by atoms with Crippen molar-refractivity contribution < 1.29 is 0 Å². The van der Waals surface area contributed by atoms with Gasteiger partial charge >= 0.3 is 0 Å². The van der Waals surface area contributed by atoms with Crippen molar-refractivity contribution in [3.63, 3.8) is 0 Å². The molecule has 70 valence electrons. The standard InChI is InChI=1S/C7H5BrN6/c8-6-1-2-7(12-14-10)5(3-6)4-11-13-9/h1-3H,4H2. The molecule has 0 N–H and O–H groups in total. The van der Waals surface area contributed by atoms with Crippen LogP contribution in [0.1, 0.15) is 5.56 Å². The molecule has 7 heteroatoms. The van der Waals surface area contributed by atoms with Gasteiger partial charge in [-0.05, 0) is 28.8 Å². The molecule has 0 saturated carbocycles. The lowest BCUT2D eigenvalue weighted by Gasteiger charge is -2.01. The quantitative estimate of drug-likeness (QED) is 0.438. The summed E-state index contributed by atoms with van der Waals surface area (Å²) in [6.45, 7) is 0.171. The summed E-state index contributed by atoms with van der Waals surface area (Å²) in [4.78, 5) is 5.32. The maximum atomic E-state index is 8.28. The lowest BCUT2D eigenvalue weighted by atomic mass is 10.2. The van der Waals surface area contributed by atoms with Crippen molar-refractivity contribution in [2.75, 3.05) is 0 Å². The fraction of sp³-hybridized carbons (Fsp3) is 0.143. The van der Waals surface area contributed by atoms with E-state index in [-0.39, 0.29) is 6.54 Å². The van der Waals surface area contributed by atoms with Crippen molar-refractivity contribution in [2.45, 2.75) is 6.54 Å². The zero-order valence-corrected chi connectivity index (χ0v) is 8.59. The molecule has 0 bridgehead atoms. The van der Waals surface area contributed by atoms with Crippen molar-refractivity contribution in [1.29, 1.82) is 0 Å². The zero-order valence-electron chi connectivity index (χ0n) is 7.00. The van der Waals surface area contributed by atoms with Crippen LogP contribution in [0.5, 0.6) is 0 Å². The number of benzene rings is 1. The summed E-state index contributed by atoms with van der Waals surface area (Å²) in [5.41, 5.74) is 17.6. The molecule has 1 aromatic rings. The van der Waals surface area contributed by atoms with E-state index >= 15 is 0 Å². The first kappa shape index (κ1) is 10.4. The molecular weight excluding hydrogens is 248 g/mol. The molecule has 0 radical (unpaired) electrons. The molecule has 0 atom stereocenters. The Morgan fingerprint density at radius 2 is 2.07 bits per heavy atom. The van der Waals surface area contributed by atoms with E-state index < -0.39 is 0 Å². The third kappa shape index (κ3) is 2.67. The molecule has 0 aliphatic carbocycles. The van der Waals surface area contributed by atoms with Crippen molar-refractivity contribution in [3.05, 3.63) is 49.1 Å². The Kier molecular flexibility index (Phi) is 3.82. The number of halogens is 1. The molecule has 6 nitrogen and oxygen atoms in total. The van der Waals surface area contributed by atoms with Gasteiger partial charge in [0.25, 0.3) is 0 Å². The SMILES string of the molecule is [N-]=[N+]=NCc1cc(Br)ccc1N=[N+]=[N-]. The molecule has 0 unspecified atom stereocenters. The zero-order chi connectivity index (χ0) is 10.4. The van der Waals surface area contributed by atoms with Crippen LogP contribution in [0.3, 0.4) is 0 Å². The molecule has 0 fully saturated rings. The minimum Gasteiger partial charge on any atom is -0.0893 e. The number of azide groups is 2. The molecule has 0 heterocycles. The molecule has 0 spiro atoms. The Morgan fingerprint density at radius 3 is 2.71 bits per heavy atom. The predicted octanol–water partition coefficient (Wildman–Crippen LogP) is 4.20. The Balaban J connectivity index is 3.14. The summed E-state index contributed by atoms with van der Waals surface area (Å²) in [6.07, 6.45) is 0. The van der Waals surface area contributed by atoms with Crippen molar-refractivity contribution in [3.8, 4) is 0 Å². The third-order valence-corrected chi connectivity index (χ3v) is 1.99. The molecule has 14 heavy (non-hydrogen) atoms. The van der Waals surface area contributed by atoms with Crippen LogP contribution in [0.15, 0.2) is 32.9 Å². The van der Waals surface area contributed by atoms with Gasteiger partial charge in [-0.15, -0.1) is 0 Å². The summed E-state index contributed by atoms with van der Waals surface area (Å²) in [6, 6.07) is 5.16. The molecule has 0 amide bonds. The highest BCUT2D eigenvalue weighted by Gasteiger charge is 1.99. The maximum Gasteiger partial charge on any atom is 0.0515 e. The minimum atomic E-state index is 0.171. The molecule has 0 aliphatic heterocycles. The number of hydrogen-bond donors (Lipinski definition) is 0. The highest BCUT2D eigenvalue weighted by atomic mass is 79.9. The van der Waals surface area contributed by atoms with E-state index in [0.29, 0.717) is 11.3 Å². The van der Waals surface area contributed by atoms with Crippen LogP contribution in [0.2, 0.25) is 0 Å². The number of hydrogen-bond acceptors (Lipinski definition) is 2. The van der Waals surface area contributed by atoms with E-state index in [4.69, 9.17) is 11.1 Å². The van der Waals surface area contributed by atoms with E-state index in [0.717, 1.165) is 4.47 Å². The van der Waals surface area contributed by atoms with Crippen molar-refractivity contribution in [2.24, 2.45) is 10.2 Å². The van der Waals surface area contributed by atoms with E-state index in [1.807, 2.05) is 0 Å². The van der Waals surface area contributed by atoms with Gasteiger partial charge in [-0.1, -0.05) is 32.2 Å². The molecular formula is C7H5BrN6. The van der Waals surface area contributed by atoms with Crippen LogP contribution in [-0.4, -0.2) is 0 Å². The second-order valence-corrected chi connectivity index (χ2v) is 3.27. The lowest BCUT2D eigenvalue weighted by molar-refractivity contribution is 1.04. The number of rotatable bonds is 3. The first-order valence-electron chi connectivity index (χ1n) is 3.62. The van der Waals surface area contributed by atoms with E-state index in [2.05, 4.69) is 36.0 Å². The van der Waals surface area contributed by atoms with Gasteiger partial charge in [0, 0.05) is 20.0 Å². The first-order chi connectivity index (χ1) is 6.77. The fourth-order valence-electron chi connectivity index (χ4n) is 0.934. The molecule has 1 aromatic carbocycles. The van der Waals surface area contributed by atoms with E-state index in [1.54, 1.807) is 18.2 Å². The van der Waals surface area contributed by atoms with Gasteiger partial charge in [-0.25, -0.2) is 0 Å². The lowest BCUT2D eigenvalue weighted by Crippen LogP contribution is -1.81. The second-order valence-electron chi connectivity index (χ2n) is 2.35. The summed E-state index contributed by atoms with van der Waals surface area (Å²) >= 11 is 3.27. The van der Waals surface area contributed by atoms with E-state index in [1.165, 1.54) is 0 Å². The summed E-state index contributed by atoms with van der Waals surface area (Å²) < 4.78 is 0.845. The fourth-order valence-corrected chi connectivity index (χ4v) is 1.34. The monoisotopic (exact) mass is 252 g/mol. The Morgan fingerprint density at radius 1 is 1.29 bits per heavy atom. The van der Waals surface area contributed by atoms with Gasteiger partial charge in [0.15, 0.2) is 0 Å². The molecule has 0 aromatic heterocycles. The van der Waals surface area contributed by atoms with Gasteiger partial charge in [0.05, 0.1) is 6.54 Å². The van der Waals surface area contributed by atoms with Crippen LogP contribution >= 0.6 is 15.9 Å². The van der Waals surface area contributed by atoms with Gasteiger partial charge in [-0.2, -0.15) is 0 Å². The third-order valence-electron chi connectivity index (χ3n) is 1.50. The maximum absolute atomic E-state index is 8.28. The topological polar surface area (TPSA) is 97.5 Å².